The van der Waals surface area contributed by atoms with Gasteiger partial charge in [-0.25, -0.2) is 0 Å². The lowest BCUT2D eigenvalue weighted by Crippen LogP contribution is -2.44. The second-order valence-corrected chi connectivity index (χ2v) is 6.12. The Bertz CT molecular complexity index is 255. The highest BCUT2D eigenvalue weighted by Gasteiger charge is 2.39. The molecule has 1 fully saturated rings. The van der Waals surface area contributed by atoms with Crippen LogP contribution in [0.1, 0.15) is 47.5 Å². The Hall–Kier alpha value is -0.570. The molecule has 0 spiro atoms. The summed E-state index contributed by atoms with van der Waals surface area (Å²) in [7, 11) is 0. The van der Waals surface area contributed by atoms with Crippen LogP contribution in [0.2, 0.25) is 0 Å². The van der Waals surface area contributed by atoms with Gasteiger partial charge in [0.05, 0.1) is 5.41 Å². The van der Waals surface area contributed by atoms with E-state index in [0.717, 1.165) is 25.9 Å². The predicted molar refractivity (Wildman–Crippen MR) is 69.8 cm³/mol. The largest absolute Gasteiger partial charge is 0.462 e. The Morgan fingerprint density at radius 3 is 2.47 bits per heavy atom. The van der Waals surface area contributed by atoms with Gasteiger partial charge in [-0.15, -0.1) is 0 Å². The third kappa shape index (κ3) is 3.70. The molecule has 1 N–H and O–H groups in total. The van der Waals surface area contributed by atoms with Crippen molar-refractivity contribution >= 4 is 5.97 Å². The first-order valence-electron chi connectivity index (χ1n) is 6.77. The van der Waals surface area contributed by atoms with Gasteiger partial charge in [0, 0.05) is 0 Å². The lowest BCUT2D eigenvalue weighted by molar-refractivity contribution is -0.164. The van der Waals surface area contributed by atoms with E-state index in [1.165, 1.54) is 0 Å². The van der Waals surface area contributed by atoms with Crippen molar-refractivity contribution in [3.05, 3.63) is 0 Å². The SMILES string of the molecule is CC(C)C(C)OC(=O)C(C)(C)C1CCCNC1. The van der Waals surface area contributed by atoms with Gasteiger partial charge in [0.15, 0.2) is 0 Å². The third-order valence-electron chi connectivity index (χ3n) is 4.08. The molecule has 1 aliphatic rings. The number of piperidine rings is 1. The molecule has 1 saturated heterocycles. The van der Waals surface area contributed by atoms with Crippen LogP contribution in [-0.4, -0.2) is 25.2 Å². The fourth-order valence-corrected chi connectivity index (χ4v) is 2.09. The third-order valence-corrected chi connectivity index (χ3v) is 4.08. The highest BCUT2D eigenvalue weighted by atomic mass is 16.5. The Morgan fingerprint density at radius 1 is 1.35 bits per heavy atom. The quantitative estimate of drug-likeness (QED) is 0.769. The molecule has 0 amide bonds. The molecule has 2 atom stereocenters. The zero-order chi connectivity index (χ0) is 13.1. The summed E-state index contributed by atoms with van der Waals surface area (Å²) in [5.41, 5.74) is -0.378. The maximum atomic E-state index is 12.2. The van der Waals surface area contributed by atoms with Crippen molar-refractivity contribution in [2.75, 3.05) is 13.1 Å². The first-order chi connectivity index (χ1) is 7.85. The van der Waals surface area contributed by atoms with Crippen molar-refractivity contribution in [1.82, 2.24) is 5.32 Å². The molecule has 0 radical (unpaired) electrons. The summed E-state index contributed by atoms with van der Waals surface area (Å²) in [4.78, 5) is 12.2. The summed E-state index contributed by atoms with van der Waals surface area (Å²) < 4.78 is 5.56. The average molecular weight is 241 g/mol. The molecule has 0 aliphatic carbocycles. The van der Waals surface area contributed by atoms with Crippen LogP contribution in [0, 0.1) is 17.3 Å². The summed E-state index contributed by atoms with van der Waals surface area (Å²) in [6.07, 6.45) is 2.27. The summed E-state index contributed by atoms with van der Waals surface area (Å²) in [6, 6.07) is 0. The van der Waals surface area contributed by atoms with Crippen molar-refractivity contribution in [3.63, 3.8) is 0 Å². The number of esters is 1. The highest BCUT2D eigenvalue weighted by molar-refractivity contribution is 5.76. The van der Waals surface area contributed by atoms with E-state index in [1.807, 2.05) is 20.8 Å². The zero-order valence-corrected chi connectivity index (χ0v) is 11.9. The molecular formula is C14H27NO2. The number of carbonyl (C=O) groups excluding carboxylic acids is 1. The van der Waals surface area contributed by atoms with Gasteiger partial charge in [0.1, 0.15) is 6.10 Å². The van der Waals surface area contributed by atoms with Crippen LogP contribution in [0.5, 0.6) is 0 Å². The van der Waals surface area contributed by atoms with Gasteiger partial charge in [-0.3, -0.25) is 4.79 Å². The van der Waals surface area contributed by atoms with Gasteiger partial charge in [-0.1, -0.05) is 13.8 Å². The van der Waals surface area contributed by atoms with E-state index in [9.17, 15) is 4.79 Å². The van der Waals surface area contributed by atoms with Crippen molar-refractivity contribution in [3.8, 4) is 0 Å². The summed E-state index contributed by atoms with van der Waals surface area (Å²) in [5, 5.41) is 3.36. The Labute approximate surface area is 105 Å². The minimum Gasteiger partial charge on any atom is -0.462 e. The number of hydrogen-bond donors (Lipinski definition) is 1. The van der Waals surface area contributed by atoms with Crippen molar-refractivity contribution in [2.45, 2.75) is 53.6 Å². The molecular weight excluding hydrogens is 214 g/mol. The summed E-state index contributed by atoms with van der Waals surface area (Å²) >= 11 is 0. The van der Waals surface area contributed by atoms with E-state index in [4.69, 9.17) is 4.74 Å². The Kier molecular flexibility index (Phi) is 4.99. The average Bonchev–Trinajstić information content (AvgIpc) is 2.29. The molecule has 100 valence electrons. The van der Waals surface area contributed by atoms with Gasteiger partial charge in [0.25, 0.3) is 0 Å². The number of hydrogen-bond acceptors (Lipinski definition) is 3. The topological polar surface area (TPSA) is 38.3 Å². The molecule has 0 aromatic heterocycles. The van der Waals surface area contributed by atoms with Crippen LogP contribution >= 0.6 is 0 Å². The molecule has 1 rings (SSSR count). The lowest BCUT2D eigenvalue weighted by Gasteiger charge is -2.36. The fourth-order valence-electron chi connectivity index (χ4n) is 2.09. The number of nitrogens with one attached hydrogen (secondary N) is 1. The van der Waals surface area contributed by atoms with Crippen molar-refractivity contribution in [2.24, 2.45) is 17.3 Å². The maximum Gasteiger partial charge on any atom is 0.312 e. The molecule has 17 heavy (non-hydrogen) atoms. The van der Waals surface area contributed by atoms with E-state index in [2.05, 4.69) is 19.2 Å². The second-order valence-electron chi connectivity index (χ2n) is 6.12. The molecule has 1 aliphatic heterocycles. The summed E-state index contributed by atoms with van der Waals surface area (Å²) in [5.74, 6) is 0.717. The monoisotopic (exact) mass is 241 g/mol. The minimum atomic E-state index is -0.378. The maximum absolute atomic E-state index is 12.2. The number of ether oxygens (including phenoxy) is 1. The van der Waals surface area contributed by atoms with Gasteiger partial charge < -0.3 is 10.1 Å². The van der Waals surface area contributed by atoms with Crippen molar-refractivity contribution < 1.29 is 9.53 Å². The van der Waals surface area contributed by atoms with E-state index < -0.39 is 0 Å². The highest BCUT2D eigenvalue weighted by Crippen LogP contribution is 2.33. The van der Waals surface area contributed by atoms with Gasteiger partial charge in [-0.2, -0.15) is 0 Å². The van der Waals surface area contributed by atoms with Crippen LogP contribution in [-0.2, 0) is 9.53 Å². The van der Waals surface area contributed by atoms with Gasteiger partial charge >= 0.3 is 5.97 Å². The Balaban J connectivity index is 2.58. The van der Waals surface area contributed by atoms with Crippen LogP contribution < -0.4 is 5.32 Å². The fraction of sp³-hybridized carbons (Fsp3) is 0.929. The number of rotatable bonds is 4. The van der Waals surface area contributed by atoms with E-state index in [0.29, 0.717) is 11.8 Å². The molecule has 2 unspecified atom stereocenters. The minimum absolute atomic E-state index is 0.00155. The smallest absolute Gasteiger partial charge is 0.312 e. The molecule has 0 aromatic carbocycles. The molecule has 0 saturated carbocycles. The standard InChI is InChI=1S/C14H27NO2/c1-10(2)11(3)17-13(16)14(4,5)12-7-6-8-15-9-12/h10-12,15H,6-9H2,1-5H3. The van der Waals surface area contributed by atoms with E-state index >= 15 is 0 Å². The molecule has 1 heterocycles. The first kappa shape index (κ1) is 14.5. The van der Waals surface area contributed by atoms with Crippen LogP contribution in [0.4, 0.5) is 0 Å². The van der Waals surface area contributed by atoms with Crippen LogP contribution in [0.3, 0.4) is 0 Å². The van der Waals surface area contributed by atoms with Crippen LogP contribution in [0.25, 0.3) is 0 Å². The molecule has 0 bridgehead atoms. The van der Waals surface area contributed by atoms with Crippen molar-refractivity contribution in [1.29, 1.82) is 0 Å². The summed E-state index contributed by atoms with van der Waals surface area (Å²) in [6.45, 7) is 12.2. The number of carbonyl (C=O) groups is 1. The molecule has 0 aromatic rings. The molecule has 3 heteroatoms. The van der Waals surface area contributed by atoms with E-state index in [1.54, 1.807) is 0 Å². The Morgan fingerprint density at radius 2 is 2.00 bits per heavy atom. The first-order valence-corrected chi connectivity index (χ1v) is 6.77. The predicted octanol–water partition coefficient (Wildman–Crippen LogP) is 2.60. The van der Waals surface area contributed by atoms with E-state index in [-0.39, 0.29) is 17.5 Å². The van der Waals surface area contributed by atoms with Crippen LogP contribution in [0.15, 0.2) is 0 Å². The van der Waals surface area contributed by atoms with Gasteiger partial charge in [0.2, 0.25) is 0 Å². The lowest BCUT2D eigenvalue weighted by atomic mass is 9.75. The molecule has 3 nitrogen and oxygen atoms in total. The zero-order valence-electron chi connectivity index (χ0n) is 11.9. The second kappa shape index (κ2) is 5.85. The normalized spacial score (nSPS) is 23.5. The van der Waals surface area contributed by atoms with Gasteiger partial charge in [-0.05, 0) is 58.5 Å².